The Kier molecular flexibility index (Phi) is 2.23. The number of rotatable bonds is 2. The second kappa shape index (κ2) is 3.23. The Labute approximate surface area is 105 Å². The summed E-state index contributed by atoms with van der Waals surface area (Å²) in [7, 11) is 0. The van der Waals surface area contributed by atoms with E-state index in [1.807, 2.05) is 0 Å². The lowest BCUT2D eigenvalue weighted by Crippen LogP contribution is -2.59. The lowest BCUT2D eigenvalue weighted by Gasteiger charge is -2.68. The van der Waals surface area contributed by atoms with Gasteiger partial charge >= 0.3 is 0 Å². The number of carbonyl (C=O) groups excluding carboxylic acids is 2. The fourth-order valence-electron chi connectivity index (χ4n) is 4.41. The predicted molar refractivity (Wildman–Crippen MR) is 61.3 cm³/mol. The van der Waals surface area contributed by atoms with Crippen molar-refractivity contribution in [1.29, 1.82) is 0 Å². The van der Waals surface area contributed by atoms with Crippen LogP contribution in [-0.2, 0) is 9.59 Å². The van der Waals surface area contributed by atoms with E-state index in [1.165, 1.54) is 12.8 Å². The second-order valence-corrected chi connectivity index (χ2v) is 6.92. The number of hydrogen-bond acceptors (Lipinski definition) is 2. The molecule has 3 aliphatic carbocycles. The van der Waals surface area contributed by atoms with Crippen LogP contribution in [0.4, 0.5) is 0 Å². The summed E-state index contributed by atoms with van der Waals surface area (Å²) in [5.41, 5.74) is 0.797. The van der Waals surface area contributed by atoms with Gasteiger partial charge < -0.3 is 0 Å². The zero-order chi connectivity index (χ0) is 11.6. The van der Waals surface area contributed by atoms with Gasteiger partial charge in [-0.15, -0.1) is 0 Å². The summed E-state index contributed by atoms with van der Waals surface area (Å²) < 4.78 is 0. The Morgan fingerprint density at radius 3 is 1.38 bits per heavy atom. The highest BCUT2D eigenvalue weighted by atomic mass is 35.5. The molecule has 0 aliphatic heterocycles. The summed E-state index contributed by atoms with van der Waals surface area (Å²) in [4.78, 5) is 21.9. The lowest BCUT2D eigenvalue weighted by atomic mass is 9.37. The molecule has 88 valence electrons. The van der Waals surface area contributed by atoms with Crippen LogP contribution in [0.15, 0.2) is 0 Å². The molecule has 0 aromatic heterocycles. The smallest absolute Gasteiger partial charge is 0.224 e. The summed E-state index contributed by atoms with van der Waals surface area (Å²) in [6.07, 6.45) is 6.24. The van der Waals surface area contributed by atoms with Crippen molar-refractivity contribution in [3.8, 4) is 0 Å². The Hall–Kier alpha value is -0.0800. The van der Waals surface area contributed by atoms with Crippen molar-refractivity contribution in [2.24, 2.45) is 22.7 Å². The average molecular weight is 261 g/mol. The van der Waals surface area contributed by atoms with Crippen molar-refractivity contribution in [2.75, 3.05) is 0 Å². The Morgan fingerprint density at radius 1 is 0.812 bits per heavy atom. The summed E-state index contributed by atoms with van der Waals surface area (Å²) in [6, 6.07) is 0. The van der Waals surface area contributed by atoms with Crippen LogP contribution in [0.3, 0.4) is 0 Å². The standard InChI is InChI=1S/C12H14Cl2O2/c13-9(15)7-1-11(2-7)5-12(6-11)3-8(4-12)10(14)16/h7-8H,1-6H2. The number of carbonyl (C=O) groups is 2. The molecule has 3 aliphatic rings. The molecule has 0 heterocycles. The zero-order valence-corrected chi connectivity index (χ0v) is 10.5. The molecule has 2 nitrogen and oxygen atoms in total. The minimum Gasteiger partial charge on any atom is -0.281 e. The van der Waals surface area contributed by atoms with E-state index < -0.39 is 0 Å². The first kappa shape index (κ1) is 11.0. The molecule has 0 atom stereocenters. The topological polar surface area (TPSA) is 34.1 Å². The zero-order valence-electron chi connectivity index (χ0n) is 8.97. The SMILES string of the molecule is O=C(Cl)C1CC2(C1)CC1(CC(C(=O)Cl)C1)C2. The third-order valence-corrected chi connectivity index (χ3v) is 5.48. The molecular formula is C12H14Cl2O2. The number of halogens is 2. The van der Waals surface area contributed by atoms with Gasteiger partial charge in [0.2, 0.25) is 10.5 Å². The first-order valence-corrected chi connectivity index (χ1v) is 6.58. The third-order valence-electron chi connectivity index (χ3n) is 4.86. The van der Waals surface area contributed by atoms with Gasteiger partial charge in [-0.05, 0) is 72.6 Å². The molecule has 3 fully saturated rings. The van der Waals surface area contributed by atoms with Gasteiger partial charge in [0.25, 0.3) is 0 Å². The molecule has 0 radical (unpaired) electrons. The van der Waals surface area contributed by atoms with Crippen LogP contribution in [0.5, 0.6) is 0 Å². The molecule has 16 heavy (non-hydrogen) atoms. The van der Waals surface area contributed by atoms with Crippen molar-refractivity contribution >= 4 is 33.7 Å². The fraction of sp³-hybridized carbons (Fsp3) is 0.833. The molecule has 0 bridgehead atoms. The van der Waals surface area contributed by atoms with Gasteiger partial charge in [-0.3, -0.25) is 9.59 Å². The van der Waals surface area contributed by atoms with Crippen LogP contribution >= 0.6 is 23.2 Å². The van der Waals surface area contributed by atoms with E-state index in [0.29, 0.717) is 10.8 Å². The lowest BCUT2D eigenvalue weighted by molar-refractivity contribution is -0.183. The fourth-order valence-corrected chi connectivity index (χ4v) is 4.72. The van der Waals surface area contributed by atoms with E-state index in [4.69, 9.17) is 23.2 Å². The highest BCUT2D eigenvalue weighted by Crippen LogP contribution is 2.73. The van der Waals surface area contributed by atoms with E-state index in [1.54, 1.807) is 0 Å². The van der Waals surface area contributed by atoms with Crippen molar-refractivity contribution in [2.45, 2.75) is 38.5 Å². The van der Waals surface area contributed by atoms with Crippen LogP contribution in [-0.4, -0.2) is 10.5 Å². The van der Waals surface area contributed by atoms with E-state index >= 15 is 0 Å². The Balaban J connectivity index is 1.51. The largest absolute Gasteiger partial charge is 0.281 e. The van der Waals surface area contributed by atoms with Gasteiger partial charge in [0.05, 0.1) is 0 Å². The van der Waals surface area contributed by atoms with Gasteiger partial charge in [-0.1, -0.05) is 0 Å². The molecule has 0 aromatic carbocycles. The molecule has 2 spiro atoms. The summed E-state index contributed by atoms with van der Waals surface area (Å²) in [5, 5.41) is -0.344. The molecular weight excluding hydrogens is 247 g/mol. The Morgan fingerprint density at radius 2 is 1.12 bits per heavy atom. The summed E-state index contributed by atoms with van der Waals surface area (Å²) in [6.45, 7) is 0. The molecule has 0 N–H and O–H groups in total. The molecule has 0 aromatic rings. The maximum Gasteiger partial charge on any atom is 0.224 e. The van der Waals surface area contributed by atoms with Crippen molar-refractivity contribution in [3.63, 3.8) is 0 Å². The van der Waals surface area contributed by atoms with Gasteiger partial charge in [0, 0.05) is 11.8 Å². The highest BCUT2D eigenvalue weighted by molar-refractivity contribution is 6.64. The van der Waals surface area contributed by atoms with E-state index in [-0.39, 0.29) is 22.3 Å². The highest BCUT2D eigenvalue weighted by Gasteiger charge is 2.65. The van der Waals surface area contributed by atoms with Gasteiger partial charge in [-0.25, -0.2) is 0 Å². The molecule has 0 unspecified atom stereocenters. The van der Waals surface area contributed by atoms with Gasteiger partial charge in [0.15, 0.2) is 0 Å². The van der Waals surface area contributed by atoms with Crippen molar-refractivity contribution in [3.05, 3.63) is 0 Å². The monoisotopic (exact) mass is 260 g/mol. The molecule has 3 saturated carbocycles. The molecule has 3 rings (SSSR count). The first-order chi connectivity index (χ1) is 7.44. The van der Waals surface area contributed by atoms with Crippen LogP contribution < -0.4 is 0 Å². The first-order valence-electron chi connectivity index (χ1n) is 5.82. The van der Waals surface area contributed by atoms with E-state index in [9.17, 15) is 9.59 Å². The molecule has 4 heteroatoms. The van der Waals surface area contributed by atoms with Crippen LogP contribution in [0.2, 0.25) is 0 Å². The van der Waals surface area contributed by atoms with Crippen LogP contribution in [0, 0.1) is 22.7 Å². The normalized spacial score (nSPS) is 49.4. The van der Waals surface area contributed by atoms with Gasteiger partial charge in [-0.2, -0.15) is 0 Å². The van der Waals surface area contributed by atoms with Crippen molar-refractivity contribution < 1.29 is 9.59 Å². The third kappa shape index (κ3) is 1.46. The quantitative estimate of drug-likeness (QED) is 0.716. The summed E-state index contributed by atoms with van der Waals surface area (Å²) in [5.74, 6) is 0.203. The van der Waals surface area contributed by atoms with Crippen molar-refractivity contribution in [1.82, 2.24) is 0 Å². The maximum atomic E-state index is 10.9. The van der Waals surface area contributed by atoms with E-state index in [2.05, 4.69) is 0 Å². The molecule has 0 saturated heterocycles. The number of hydrogen-bond donors (Lipinski definition) is 0. The molecule has 0 amide bonds. The second-order valence-electron chi connectivity index (χ2n) is 6.17. The summed E-state index contributed by atoms with van der Waals surface area (Å²) >= 11 is 10.9. The van der Waals surface area contributed by atoms with Crippen LogP contribution in [0.1, 0.15) is 38.5 Å². The minimum atomic E-state index is -0.172. The predicted octanol–water partition coefficient (Wildman–Crippen LogP) is 3.10. The minimum absolute atomic E-state index is 0.101. The Bertz CT molecular complexity index is 321. The van der Waals surface area contributed by atoms with E-state index in [0.717, 1.165) is 25.7 Å². The van der Waals surface area contributed by atoms with Gasteiger partial charge in [0.1, 0.15) is 0 Å². The average Bonchev–Trinajstić information content (AvgIpc) is 1.93. The maximum absolute atomic E-state index is 10.9. The van der Waals surface area contributed by atoms with Crippen LogP contribution in [0.25, 0.3) is 0 Å².